The molecule has 1 amide bonds. The minimum atomic E-state index is 0.0326. The summed E-state index contributed by atoms with van der Waals surface area (Å²) < 4.78 is 0. The zero-order chi connectivity index (χ0) is 12.8. The van der Waals surface area contributed by atoms with Crippen molar-refractivity contribution in [1.82, 2.24) is 9.97 Å². The minimum Gasteiger partial charge on any atom is -0.324 e. The lowest BCUT2D eigenvalue weighted by Crippen LogP contribution is -2.12. The molecule has 1 aromatic heterocycles. The summed E-state index contributed by atoms with van der Waals surface area (Å²) in [5.74, 6) is 0.571. The number of rotatable bonds is 6. The van der Waals surface area contributed by atoms with Crippen LogP contribution in [0.2, 0.25) is 0 Å². The molecule has 4 heteroatoms. The molecule has 0 aliphatic heterocycles. The summed E-state index contributed by atoms with van der Waals surface area (Å²) in [7, 11) is 0. The number of hydrogen-bond acceptors (Lipinski definition) is 2. The highest BCUT2D eigenvalue weighted by Gasteiger charge is 2.06. The molecular weight excluding hydrogens is 226 g/mol. The fourth-order valence-electron chi connectivity index (χ4n) is 1.92. The number of imidazole rings is 1. The molecule has 0 aliphatic rings. The van der Waals surface area contributed by atoms with Gasteiger partial charge in [-0.15, -0.1) is 0 Å². The van der Waals surface area contributed by atoms with Gasteiger partial charge in [-0.25, -0.2) is 4.98 Å². The van der Waals surface area contributed by atoms with Crippen molar-refractivity contribution in [3.05, 3.63) is 24.3 Å². The maximum Gasteiger partial charge on any atom is 0.226 e. The molecule has 2 N–H and O–H groups in total. The number of amides is 1. The molecule has 2 rings (SSSR count). The Morgan fingerprint density at radius 3 is 2.89 bits per heavy atom. The molecule has 2 aromatic rings. The standard InChI is InChI=1S/C14H19N3O/c1-2-3-4-5-10-13(18)17-14-15-11-8-6-7-9-12(11)16-14/h6-9H,2-5,10H2,1H3,(H2,15,16,17,18). The number of aromatic amines is 1. The number of para-hydroxylation sites is 2. The maximum atomic E-state index is 11.7. The van der Waals surface area contributed by atoms with E-state index in [0.29, 0.717) is 12.4 Å². The second-order valence-electron chi connectivity index (χ2n) is 4.46. The number of unbranched alkanes of at least 4 members (excludes halogenated alkanes) is 3. The number of nitrogens with zero attached hydrogens (tertiary/aromatic N) is 1. The van der Waals surface area contributed by atoms with E-state index in [4.69, 9.17) is 0 Å². The summed E-state index contributed by atoms with van der Waals surface area (Å²) in [5.41, 5.74) is 1.82. The Morgan fingerprint density at radius 2 is 2.11 bits per heavy atom. The van der Waals surface area contributed by atoms with Gasteiger partial charge in [-0.1, -0.05) is 38.3 Å². The number of fused-ring (bicyclic) bond motifs is 1. The molecular formula is C14H19N3O. The van der Waals surface area contributed by atoms with Crippen LogP contribution in [0.3, 0.4) is 0 Å². The number of nitrogens with one attached hydrogen (secondary N) is 2. The molecule has 0 spiro atoms. The van der Waals surface area contributed by atoms with E-state index in [1.165, 1.54) is 12.8 Å². The van der Waals surface area contributed by atoms with Gasteiger partial charge in [0.2, 0.25) is 11.9 Å². The highest BCUT2D eigenvalue weighted by Crippen LogP contribution is 2.13. The summed E-state index contributed by atoms with van der Waals surface area (Å²) in [6.45, 7) is 2.16. The van der Waals surface area contributed by atoms with Crippen molar-refractivity contribution in [1.29, 1.82) is 0 Å². The summed E-state index contributed by atoms with van der Waals surface area (Å²) in [5, 5.41) is 2.80. The third-order valence-corrected chi connectivity index (χ3v) is 2.90. The van der Waals surface area contributed by atoms with Crippen molar-refractivity contribution in [3.63, 3.8) is 0 Å². The quantitative estimate of drug-likeness (QED) is 0.765. The average molecular weight is 245 g/mol. The number of carbonyl (C=O) groups excluding carboxylic acids is 1. The molecule has 4 nitrogen and oxygen atoms in total. The normalized spacial score (nSPS) is 10.7. The fraction of sp³-hybridized carbons (Fsp3) is 0.429. The molecule has 0 fully saturated rings. The lowest BCUT2D eigenvalue weighted by molar-refractivity contribution is -0.116. The number of benzene rings is 1. The first kappa shape index (κ1) is 12.6. The second-order valence-corrected chi connectivity index (χ2v) is 4.46. The van der Waals surface area contributed by atoms with Crippen LogP contribution in [0.25, 0.3) is 11.0 Å². The van der Waals surface area contributed by atoms with Gasteiger partial charge in [0.1, 0.15) is 0 Å². The Bertz CT molecular complexity index is 485. The topological polar surface area (TPSA) is 57.8 Å². The third kappa shape index (κ3) is 3.32. The van der Waals surface area contributed by atoms with Gasteiger partial charge < -0.3 is 4.98 Å². The Balaban J connectivity index is 1.86. The smallest absolute Gasteiger partial charge is 0.226 e. The summed E-state index contributed by atoms with van der Waals surface area (Å²) >= 11 is 0. The van der Waals surface area contributed by atoms with E-state index in [2.05, 4.69) is 22.2 Å². The first-order valence-corrected chi connectivity index (χ1v) is 6.54. The highest BCUT2D eigenvalue weighted by atomic mass is 16.1. The number of hydrogen-bond donors (Lipinski definition) is 2. The first-order valence-electron chi connectivity index (χ1n) is 6.54. The Kier molecular flexibility index (Phi) is 4.34. The van der Waals surface area contributed by atoms with Crippen molar-refractivity contribution in [2.45, 2.75) is 39.0 Å². The van der Waals surface area contributed by atoms with Gasteiger partial charge in [-0.2, -0.15) is 0 Å². The molecule has 1 heterocycles. The molecule has 0 radical (unpaired) electrons. The molecule has 18 heavy (non-hydrogen) atoms. The van der Waals surface area contributed by atoms with Crippen LogP contribution in [0.1, 0.15) is 39.0 Å². The van der Waals surface area contributed by atoms with Crippen LogP contribution in [0, 0.1) is 0 Å². The fourth-order valence-corrected chi connectivity index (χ4v) is 1.92. The van der Waals surface area contributed by atoms with Gasteiger partial charge in [0.25, 0.3) is 0 Å². The number of H-pyrrole nitrogens is 1. The second kappa shape index (κ2) is 6.19. The predicted octanol–water partition coefficient (Wildman–Crippen LogP) is 3.47. The molecule has 0 unspecified atom stereocenters. The molecule has 1 aromatic carbocycles. The zero-order valence-electron chi connectivity index (χ0n) is 10.7. The van der Waals surface area contributed by atoms with Gasteiger partial charge in [0.15, 0.2) is 0 Å². The van der Waals surface area contributed by atoms with Crippen molar-refractivity contribution in [3.8, 4) is 0 Å². The number of carbonyl (C=O) groups is 1. The number of aromatic nitrogens is 2. The Morgan fingerprint density at radius 1 is 1.28 bits per heavy atom. The van der Waals surface area contributed by atoms with E-state index in [1.807, 2.05) is 24.3 Å². The summed E-state index contributed by atoms with van der Waals surface area (Å²) in [6.07, 6.45) is 5.00. The lowest BCUT2D eigenvalue weighted by atomic mass is 10.1. The van der Waals surface area contributed by atoms with Gasteiger partial charge in [-0.3, -0.25) is 10.1 Å². The van der Waals surface area contributed by atoms with Gasteiger partial charge >= 0.3 is 0 Å². The molecule has 0 saturated heterocycles. The molecule has 0 atom stereocenters. The maximum absolute atomic E-state index is 11.7. The van der Waals surface area contributed by atoms with E-state index >= 15 is 0 Å². The van der Waals surface area contributed by atoms with Crippen molar-refractivity contribution >= 4 is 22.9 Å². The van der Waals surface area contributed by atoms with Crippen LogP contribution in [0.4, 0.5) is 5.95 Å². The summed E-state index contributed by atoms with van der Waals surface area (Å²) in [6, 6.07) is 7.73. The third-order valence-electron chi connectivity index (χ3n) is 2.90. The van der Waals surface area contributed by atoms with Crippen LogP contribution >= 0.6 is 0 Å². The van der Waals surface area contributed by atoms with Crippen molar-refractivity contribution < 1.29 is 4.79 Å². The van der Waals surface area contributed by atoms with Crippen molar-refractivity contribution in [2.75, 3.05) is 5.32 Å². The van der Waals surface area contributed by atoms with E-state index in [0.717, 1.165) is 23.9 Å². The van der Waals surface area contributed by atoms with Crippen LogP contribution in [-0.4, -0.2) is 15.9 Å². The molecule has 0 aliphatic carbocycles. The SMILES string of the molecule is CCCCCCC(=O)Nc1nc2ccccc2[nH]1. The van der Waals surface area contributed by atoms with E-state index in [9.17, 15) is 4.79 Å². The molecule has 0 bridgehead atoms. The van der Waals surface area contributed by atoms with Crippen LogP contribution in [0.5, 0.6) is 0 Å². The minimum absolute atomic E-state index is 0.0326. The van der Waals surface area contributed by atoms with Gasteiger partial charge in [-0.05, 0) is 18.6 Å². The number of anilines is 1. The average Bonchev–Trinajstić information content (AvgIpc) is 2.76. The largest absolute Gasteiger partial charge is 0.324 e. The van der Waals surface area contributed by atoms with Gasteiger partial charge in [0, 0.05) is 6.42 Å². The zero-order valence-corrected chi connectivity index (χ0v) is 10.7. The monoisotopic (exact) mass is 245 g/mol. The summed E-state index contributed by atoms with van der Waals surface area (Å²) in [4.78, 5) is 19.1. The van der Waals surface area contributed by atoms with Crippen LogP contribution in [-0.2, 0) is 4.79 Å². The molecule has 96 valence electrons. The van der Waals surface area contributed by atoms with E-state index < -0.39 is 0 Å². The van der Waals surface area contributed by atoms with E-state index in [1.54, 1.807) is 0 Å². The molecule has 0 saturated carbocycles. The van der Waals surface area contributed by atoms with Gasteiger partial charge in [0.05, 0.1) is 11.0 Å². The Labute approximate surface area is 107 Å². The lowest BCUT2D eigenvalue weighted by Gasteiger charge is -2.01. The highest BCUT2D eigenvalue weighted by molar-refractivity contribution is 5.90. The predicted molar refractivity (Wildman–Crippen MR) is 73.5 cm³/mol. The van der Waals surface area contributed by atoms with Crippen LogP contribution in [0.15, 0.2) is 24.3 Å². The van der Waals surface area contributed by atoms with Crippen molar-refractivity contribution in [2.24, 2.45) is 0 Å². The first-order chi connectivity index (χ1) is 8.79. The Hall–Kier alpha value is -1.84. The van der Waals surface area contributed by atoms with Crippen LogP contribution < -0.4 is 5.32 Å². The van der Waals surface area contributed by atoms with E-state index in [-0.39, 0.29) is 5.91 Å².